The first kappa shape index (κ1) is 26.0. The number of nitrogens with one attached hydrogen (secondary N) is 3. The predicted molar refractivity (Wildman–Crippen MR) is 127 cm³/mol. The highest BCUT2D eigenvalue weighted by molar-refractivity contribution is 5.94. The Kier molecular flexibility index (Phi) is 10.00. The second-order valence-electron chi connectivity index (χ2n) is 9.28. The van der Waals surface area contributed by atoms with Crippen molar-refractivity contribution < 1.29 is 19.5 Å². The van der Waals surface area contributed by atoms with E-state index in [-0.39, 0.29) is 30.2 Å². The van der Waals surface area contributed by atoms with Gasteiger partial charge >= 0.3 is 5.97 Å². The fourth-order valence-electron chi connectivity index (χ4n) is 3.15. The van der Waals surface area contributed by atoms with Crippen molar-refractivity contribution in [3.63, 3.8) is 0 Å². The lowest BCUT2D eigenvalue weighted by atomic mass is 9.97. The monoisotopic (exact) mass is 454 g/mol. The Labute approximate surface area is 195 Å². The van der Waals surface area contributed by atoms with Crippen LogP contribution in [0.1, 0.15) is 49.5 Å². The SMILES string of the molecule is CC(C)(C)CNC(=O)CC(CNC(CCc1ccccc1)C(=O)O)NC(=O)c1cccnc1. The van der Waals surface area contributed by atoms with Crippen molar-refractivity contribution >= 4 is 17.8 Å². The summed E-state index contributed by atoms with van der Waals surface area (Å²) in [5.41, 5.74) is 1.35. The predicted octanol–water partition coefficient (Wildman–Crippen LogP) is 2.41. The summed E-state index contributed by atoms with van der Waals surface area (Å²) in [4.78, 5) is 40.8. The van der Waals surface area contributed by atoms with Crippen LogP contribution in [0.2, 0.25) is 0 Å². The van der Waals surface area contributed by atoms with Gasteiger partial charge in [-0.1, -0.05) is 51.1 Å². The van der Waals surface area contributed by atoms with Gasteiger partial charge in [-0.2, -0.15) is 0 Å². The molecule has 0 aliphatic carbocycles. The summed E-state index contributed by atoms with van der Waals surface area (Å²) in [6.45, 7) is 6.68. The molecule has 4 N–H and O–H groups in total. The van der Waals surface area contributed by atoms with Crippen LogP contribution in [0.3, 0.4) is 0 Å². The number of carbonyl (C=O) groups is 3. The first-order valence-corrected chi connectivity index (χ1v) is 11.1. The van der Waals surface area contributed by atoms with Gasteiger partial charge in [-0.15, -0.1) is 0 Å². The van der Waals surface area contributed by atoms with Gasteiger partial charge in [0.05, 0.1) is 11.6 Å². The summed E-state index contributed by atoms with van der Waals surface area (Å²) < 4.78 is 0. The maximum absolute atomic E-state index is 12.6. The Morgan fingerprint density at radius 2 is 1.79 bits per heavy atom. The first-order valence-electron chi connectivity index (χ1n) is 11.1. The van der Waals surface area contributed by atoms with Crippen LogP contribution in [0.5, 0.6) is 0 Å². The molecule has 8 nitrogen and oxygen atoms in total. The third-order valence-electron chi connectivity index (χ3n) is 4.98. The Bertz CT molecular complexity index is 898. The minimum atomic E-state index is -0.972. The second kappa shape index (κ2) is 12.7. The quantitative estimate of drug-likeness (QED) is 0.391. The Hall–Kier alpha value is -3.26. The Balaban J connectivity index is 2.01. The molecule has 2 aromatic rings. The molecule has 2 amide bonds. The van der Waals surface area contributed by atoms with Crippen molar-refractivity contribution in [1.29, 1.82) is 0 Å². The standard InChI is InChI=1S/C25H34N4O4/c1-25(2,3)17-28-22(30)14-20(29-23(31)19-10-7-13-26-15-19)16-27-21(24(32)33)12-11-18-8-5-4-6-9-18/h4-10,13,15,20-21,27H,11-12,14,16-17H2,1-3H3,(H,28,30)(H,29,31)(H,32,33). The lowest BCUT2D eigenvalue weighted by Gasteiger charge is -2.23. The molecule has 1 aromatic carbocycles. The largest absolute Gasteiger partial charge is 0.480 e. The van der Waals surface area contributed by atoms with Crippen molar-refractivity contribution in [2.75, 3.05) is 13.1 Å². The van der Waals surface area contributed by atoms with E-state index < -0.39 is 18.1 Å². The van der Waals surface area contributed by atoms with Crippen molar-refractivity contribution in [3.8, 4) is 0 Å². The maximum atomic E-state index is 12.6. The molecule has 33 heavy (non-hydrogen) atoms. The number of carbonyl (C=O) groups excluding carboxylic acids is 2. The van der Waals surface area contributed by atoms with E-state index in [1.54, 1.807) is 18.3 Å². The van der Waals surface area contributed by atoms with Crippen LogP contribution < -0.4 is 16.0 Å². The van der Waals surface area contributed by atoms with Gasteiger partial charge in [-0.05, 0) is 36.0 Å². The van der Waals surface area contributed by atoms with Crippen molar-refractivity contribution in [2.24, 2.45) is 5.41 Å². The molecule has 0 radical (unpaired) electrons. The smallest absolute Gasteiger partial charge is 0.320 e. The molecular weight excluding hydrogens is 420 g/mol. The Morgan fingerprint density at radius 1 is 1.06 bits per heavy atom. The molecule has 178 valence electrons. The number of carboxylic acids is 1. The number of hydrogen-bond donors (Lipinski definition) is 4. The summed E-state index contributed by atoms with van der Waals surface area (Å²) in [5.74, 6) is -1.55. The van der Waals surface area contributed by atoms with E-state index in [2.05, 4.69) is 20.9 Å². The number of rotatable bonds is 12. The number of pyridine rings is 1. The molecule has 2 rings (SSSR count). The number of hydrogen-bond acceptors (Lipinski definition) is 5. The normalized spacial score (nSPS) is 13.1. The van der Waals surface area contributed by atoms with Crippen molar-refractivity contribution in [1.82, 2.24) is 20.9 Å². The first-order chi connectivity index (χ1) is 15.6. The zero-order valence-corrected chi connectivity index (χ0v) is 19.5. The number of aromatic nitrogens is 1. The highest BCUT2D eigenvalue weighted by Crippen LogP contribution is 2.11. The molecule has 0 aliphatic heterocycles. The fraction of sp³-hybridized carbons (Fsp3) is 0.440. The molecule has 0 aliphatic rings. The van der Waals surface area contributed by atoms with Crippen LogP contribution in [-0.4, -0.2) is 53.0 Å². The summed E-state index contributed by atoms with van der Waals surface area (Å²) >= 11 is 0. The molecule has 0 saturated carbocycles. The lowest BCUT2D eigenvalue weighted by molar-refractivity contribution is -0.139. The fourth-order valence-corrected chi connectivity index (χ4v) is 3.15. The van der Waals surface area contributed by atoms with Gasteiger partial charge in [0, 0.05) is 31.9 Å². The summed E-state index contributed by atoms with van der Waals surface area (Å²) in [6.07, 6.45) is 4.03. The average Bonchev–Trinajstić information content (AvgIpc) is 2.78. The molecule has 1 heterocycles. The van der Waals surface area contributed by atoms with Crippen LogP contribution >= 0.6 is 0 Å². The van der Waals surface area contributed by atoms with Crippen LogP contribution in [-0.2, 0) is 16.0 Å². The number of benzene rings is 1. The van der Waals surface area contributed by atoms with E-state index in [4.69, 9.17) is 0 Å². The van der Waals surface area contributed by atoms with Crippen molar-refractivity contribution in [3.05, 3.63) is 66.0 Å². The van der Waals surface area contributed by atoms with Gasteiger partial charge in [-0.3, -0.25) is 19.4 Å². The van der Waals surface area contributed by atoms with Gasteiger partial charge < -0.3 is 21.1 Å². The summed E-state index contributed by atoms with van der Waals surface area (Å²) in [6, 6.07) is 11.5. The van der Waals surface area contributed by atoms with Gasteiger partial charge in [-0.25, -0.2) is 0 Å². The second-order valence-corrected chi connectivity index (χ2v) is 9.28. The summed E-state index contributed by atoms with van der Waals surface area (Å²) in [5, 5.41) is 18.4. The van der Waals surface area contributed by atoms with Gasteiger partial charge in [0.25, 0.3) is 5.91 Å². The van der Waals surface area contributed by atoms with E-state index in [1.807, 2.05) is 51.1 Å². The van der Waals surface area contributed by atoms with Crippen LogP contribution in [0.15, 0.2) is 54.9 Å². The zero-order valence-electron chi connectivity index (χ0n) is 19.5. The van der Waals surface area contributed by atoms with E-state index in [0.29, 0.717) is 24.9 Å². The minimum absolute atomic E-state index is 0.0279. The molecule has 2 atom stereocenters. The van der Waals surface area contributed by atoms with Crippen LogP contribution in [0, 0.1) is 5.41 Å². The molecule has 0 spiro atoms. The Morgan fingerprint density at radius 3 is 2.39 bits per heavy atom. The van der Waals surface area contributed by atoms with Gasteiger partial charge in [0.2, 0.25) is 5.91 Å². The number of amides is 2. The minimum Gasteiger partial charge on any atom is -0.480 e. The number of aliphatic carboxylic acids is 1. The molecule has 2 unspecified atom stereocenters. The average molecular weight is 455 g/mol. The number of carboxylic acid groups (broad SMARTS) is 1. The molecule has 0 bridgehead atoms. The highest BCUT2D eigenvalue weighted by atomic mass is 16.4. The van der Waals surface area contributed by atoms with Gasteiger partial charge in [0.15, 0.2) is 0 Å². The summed E-state index contributed by atoms with van der Waals surface area (Å²) in [7, 11) is 0. The van der Waals surface area contributed by atoms with E-state index in [1.165, 1.54) is 6.20 Å². The zero-order chi connectivity index (χ0) is 24.3. The molecule has 0 saturated heterocycles. The third-order valence-corrected chi connectivity index (χ3v) is 4.98. The van der Waals surface area contributed by atoms with E-state index in [9.17, 15) is 19.5 Å². The lowest BCUT2D eigenvalue weighted by Crippen LogP contribution is -2.49. The number of nitrogens with zero attached hydrogens (tertiary/aromatic N) is 1. The van der Waals surface area contributed by atoms with Gasteiger partial charge in [0.1, 0.15) is 6.04 Å². The highest BCUT2D eigenvalue weighted by Gasteiger charge is 2.23. The van der Waals surface area contributed by atoms with Crippen molar-refractivity contribution in [2.45, 2.75) is 52.1 Å². The third kappa shape index (κ3) is 10.3. The van der Waals surface area contributed by atoms with Crippen LogP contribution in [0.4, 0.5) is 0 Å². The molecule has 1 aromatic heterocycles. The number of aryl methyl sites for hydroxylation is 1. The maximum Gasteiger partial charge on any atom is 0.320 e. The van der Waals surface area contributed by atoms with Crippen LogP contribution in [0.25, 0.3) is 0 Å². The van der Waals surface area contributed by atoms with E-state index >= 15 is 0 Å². The molecule has 0 fully saturated rings. The molecule has 8 heteroatoms. The van der Waals surface area contributed by atoms with E-state index in [0.717, 1.165) is 5.56 Å². The molecular formula is C25H34N4O4. The topological polar surface area (TPSA) is 120 Å².